The predicted molar refractivity (Wildman–Crippen MR) is 52.7 cm³/mol. The lowest BCUT2D eigenvalue weighted by Crippen LogP contribution is -2.35. The molecule has 1 rings (SSSR count). The van der Waals surface area contributed by atoms with Crippen molar-refractivity contribution in [2.75, 3.05) is 0 Å². The lowest BCUT2D eigenvalue weighted by Gasteiger charge is -2.10. The van der Waals surface area contributed by atoms with Crippen LogP contribution in [0.2, 0.25) is 0 Å². The minimum atomic E-state index is -6.38. The summed E-state index contributed by atoms with van der Waals surface area (Å²) in [5, 5.41) is 3.32. The Morgan fingerprint density at radius 1 is 1.06 bits per heavy atom. The molecule has 18 heavy (non-hydrogen) atoms. The number of ketones is 1. The molecule has 0 spiro atoms. The van der Waals surface area contributed by atoms with Crippen molar-refractivity contribution in [1.82, 2.24) is 0 Å². The number of hydrogen-bond donors (Lipinski definition) is 1. The third kappa shape index (κ3) is 2.50. The molecule has 0 saturated carbocycles. The summed E-state index contributed by atoms with van der Waals surface area (Å²) in [6, 6.07) is 2.97. The van der Waals surface area contributed by atoms with Gasteiger partial charge in [0.2, 0.25) is 0 Å². The molecule has 0 amide bonds. The maximum atomic E-state index is 12.8. The number of carboxylic acid groups (broad SMARTS) is 1. The third-order valence-corrected chi connectivity index (χ3v) is 2.76. The first kappa shape index (κ1) is 14.2. The summed E-state index contributed by atoms with van der Waals surface area (Å²) in [5.74, 6) is -3.62. The van der Waals surface area contributed by atoms with Gasteiger partial charge in [0.1, 0.15) is 0 Å². The Morgan fingerprint density at radius 2 is 1.44 bits per heavy atom. The van der Waals surface area contributed by atoms with Gasteiger partial charge in [0.25, 0.3) is 5.78 Å². The highest BCUT2D eigenvalue weighted by atomic mass is 32.3. The molecule has 0 aliphatic heterocycles. The summed E-state index contributed by atoms with van der Waals surface area (Å²) in [6.07, 6.45) is 0. The highest BCUT2D eigenvalue weighted by Crippen LogP contribution is 2.28. The molecule has 1 aromatic carbocycles. The lowest BCUT2D eigenvalue weighted by molar-refractivity contribution is 0.0508. The lowest BCUT2D eigenvalue weighted by atomic mass is 10.1. The third-order valence-electron chi connectivity index (χ3n) is 1.96. The topological polar surface area (TPSA) is 88.5 Å². The number of halogens is 3. The van der Waals surface area contributed by atoms with E-state index in [2.05, 4.69) is 0 Å². The SMILES string of the molecule is O=C(O)c1ccc(C(=O)C(F)(F)S(=O)(=O)F)cc1. The monoisotopic (exact) mass is 282 g/mol. The Bertz CT molecular complexity index is 591. The van der Waals surface area contributed by atoms with E-state index in [1.54, 1.807) is 0 Å². The number of carboxylic acids is 1. The van der Waals surface area contributed by atoms with E-state index in [0.717, 1.165) is 12.1 Å². The van der Waals surface area contributed by atoms with Crippen molar-refractivity contribution >= 4 is 22.0 Å². The first-order chi connectivity index (χ1) is 8.07. The van der Waals surface area contributed by atoms with Gasteiger partial charge < -0.3 is 5.11 Å². The van der Waals surface area contributed by atoms with Crippen LogP contribution in [0.1, 0.15) is 20.7 Å². The minimum Gasteiger partial charge on any atom is -0.478 e. The van der Waals surface area contributed by atoms with E-state index in [4.69, 9.17) is 5.11 Å². The number of carbonyl (C=O) groups excluding carboxylic acids is 1. The van der Waals surface area contributed by atoms with Crippen LogP contribution in [0.5, 0.6) is 0 Å². The highest BCUT2D eigenvalue weighted by Gasteiger charge is 2.53. The van der Waals surface area contributed by atoms with Gasteiger partial charge in [0.15, 0.2) is 0 Å². The second-order valence-electron chi connectivity index (χ2n) is 3.17. The van der Waals surface area contributed by atoms with Crippen LogP contribution in [0.3, 0.4) is 0 Å². The Morgan fingerprint density at radius 3 is 1.78 bits per heavy atom. The molecule has 0 aliphatic rings. The molecular weight excluding hydrogens is 277 g/mol. The molecule has 98 valence electrons. The summed E-state index contributed by atoms with van der Waals surface area (Å²) in [6.45, 7) is 0. The van der Waals surface area contributed by atoms with Crippen molar-refractivity contribution in [3.8, 4) is 0 Å². The van der Waals surface area contributed by atoms with Crippen molar-refractivity contribution in [3.63, 3.8) is 0 Å². The van der Waals surface area contributed by atoms with E-state index in [0.29, 0.717) is 12.1 Å². The standard InChI is InChI=1S/C9H5F3O5S/c10-9(11,18(12,16)17)7(13)5-1-3-6(4-2-5)8(14)15/h1-4H,(H,14,15). The zero-order valence-electron chi connectivity index (χ0n) is 8.43. The maximum absolute atomic E-state index is 12.8. The second kappa shape index (κ2) is 4.41. The molecule has 1 N–H and O–H groups in total. The Kier molecular flexibility index (Phi) is 3.47. The summed E-state index contributed by atoms with van der Waals surface area (Å²) in [7, 11) is -6.38. The van der Waals surface area contributed by atoms with Gasteiger partial charge in [-0.25, -0.2) is 4.79 Å². The van der Waals surface area contributed by atoms with Gasteiger partial charge in [-0.2, -0.15) is 17.2 Å². The van der Waals surface area contributed by atoms with E-state index in [1.807, 2.05) is 0 Å². The zero-order valence-corrected chi connectivity index (χ0v) is 9.25. The summed E-state index contributed by atoms with van der Waals surface area (Å²) in [5.41, 5.74) is -1.11. The fraction of sp³-hybridized carbons (Fsp3) is 0.111. The van der Waals surface area contributed by atoms with Gasteiger partial charge in [-0.15, -0.1) is 0 Å². The van der Waals surface area contributed by atoms with Crippen LogP contribution in [0, 0.1) is 0 Å². The number of benzene rings is 1. The van der Waals surface area contributed by atoms with E-state index in [-0.39, 0.29) is 5.56 Å². The average Bonchev–Trinajstić information content (AvgIpc) is 2.26. The molecule has 0 bridgehead atoms. The molecule has 0 heterocycles. The predicted octanol–water partition coefficient (Wildman–Crippen LogP) is 1.46. The number of rotatable bonds is 4. The van der Waals surface area contributed by atoms with Crippen molar-refractivity contribution in [3.05, 3.63) is 35.4 Å². The van der Waals surface area contributed by atoms with Crippen molar-refractivity contribution in [2.24, 2.45) is 0 Å². The second-order valence-corrected chi connectivity index (χ2v) is 4.55. The quantitative estimate of drug-likeness (QED) is 0.667. The van der Waals surface area contributed by atoms with Crippen LogP contribution in [-0.4, -0.2) is 30.5 Å². The van der Waals surface area contributed by atoms with Gasteiger partial charge in [0.05, 0.1) is 5.56 Å². The minimum absolute atomic E-state index is 0.294. The van der Waals surface area contributed by atoms with Crippen LogP contribution >= 0.6 is 0 Å². The Balaban J connectivity index is 3.17. The Hall–Kier alpha value is -1.90. The van der Waals surface area contributed by atoms with Crippen LogP contribution in [-0.2, 0) is 10.2 Å². The molecule has 0 saturated heterocycles. The highest BCUT2D eigenvalue weighted by molar-refractivity contribution is 7.88. The fourth-order valence-electron chi connectivity index (χ4n) is 1.04. The van der Waals surface area contributed by atoms with E-state index in [1.165, 1.54) is 0 Å². The van der Waals surface area contributed by atoms with Crippen molar-refractivity contribution in [2.45, 2.75) is 5.25 Å². The normalized spacial score (nSPS) is 12.2. The molecular formula is C9H5F3O5S. The van der Waals surface area contributed by atoms with Crippen LogP contribution in [0.15, 0.2) is 24.3 Å². The maximum Gasteiger partial charge on any atom is 0.435 e. The summed E-state index contributed by atoms with van der Waals surface area (Å²) < 4.78 is 58.1. The molecule has 0 radical (unpaired) electrons. The first-order valence-electron chi connectivity index (χ1n) is 4.27. The number of Topliss-reactive ketones (excluding diaryl/α,β-unsaturated/α-hetero) is 1. The molecule has 0 atom stereocenters. The van der Waals surface area contributed by atoms with Crippen molar-refractivity contribution in [1.29, 1.82) is 0 Å². The molecule has 5 nitrogen and oxygen atoms in total. The van der Waals surface area contributed by atoms with Crippen LogP contribution in [0.25, 0.3) is 0 Å². The summed E-state index contributed by atoms with van der Waals surface area (Å²) >= 11 is 0. The van der Waals surface area contributed by atoms with Crippen LogP contribution < -0.4 is 0 Å². The number of aromatic carboxylic acids is 1. The molecule has 1 aromatic rings. The van der Waals surface area contributed by atoms with Gasteiger partial charge in [0, 0.05) is 5.56 Å². The Labute approximate surface area is 99.1 Å². The van der Waals surface area contributed by atoms with Crippen molar-refractivity contribution < 1.29 is 35.8 Å². The molecule has 9 heteroatoms. The number of alkyl halides is 2. The van der Waals surface area contributed by atoms with E-state index in [9.17, 15) is 30.7 Å². The molecule has 0 aromatic heterocycles. The number of hydrogen-bond acceptors (Lipinski definition) is 4. The smallest absolute Gasteiger partial charge is 0.435 e. The van der Waals surface area contributed by atoms with Crippen LogP contribution in [0.4, 0.5) is 12.7 Å². The number of carbonyl (C=O) groups is 2. The molecule has 0 fully saturated rings. The van der Waals surface area contributed by atoms with E-state index < -0.39 is 32.8 Å². The first-order valence-corrected chi connectivity index (χ1v) is 5.66. The van der Waals surface area contributed by atoms with Gasteiger partial charge in [-0.05, 0) is 12.1 Å². The summed E-state index contributed by atoms with van der Waals surface area (Å²) in [4.78, 5) is 21.5. The van der Waals surface area contributed by atoms with Gasteiger partial charge in [-0.3, -0.25) is 4.79 Å². The molecule has 0 unspecified atom stereocenters. The average molecular weight is 282 g/mol. The molecule has 0 aliphatic carbocycles. The van der Waals surface area contributed by atoms with E-state index >= 15 is 0 Å². The van der Waals surface area contributed by atoms with Gasteiger partial charge >= 0.3 is 21.4 Å². The largest absolute Gasteiger partial charge is 0.478 e. The fourth-order valence-corrected chi connectivity index (χ4v) is 1.38. The van der Waals surface area contributed by atoms with Gasteiger partial charge in [-0.1, -0.05) is 16.0 Å². The zero-order chi connectivity index (χ0) is 14.1.